The number of aromatic nitrogens is 1. The minimum absolute atomic E-state index is 0.0255. The summed E-state index contributed by atoms with van der Waals surface area (Å²) in [5, 5.41) is 2.97. The predicted molar refractivity (Wildman–Crippen MR) is 70.8 cm³/mol. The summed E-state index contributed by atoms with van der Waals surface area (Å²) in [4.78, 5) is 16.2. The largest absolute Gasteiger partial charge is 0.348 e. The molecule has 1 aromatic rings. The molecule has 0 saturated heterocycles. The average molecular weight is 247 g/mol. The first-order valence-electron chi connectivity index (χ1n) is 6.58. The van der Waals surface area contributed by atoms with Gasteiger partial charge in [0.25, 0.3) is 0 Å². The number of nitrogens with zero attached hydrogens (tertiary/aromatic N) is 1. The SMILES string of the molecule is C[C@H](NC(=O)CC1(N)CCCC1)c1ccccn1. The maximum absolute atomic E-state index is 12.0. The molecule has 1 aliphatic rings. The quantitative estimate of drug-likeness (QED) is 0.854. The normalized spacial score (nSPS) is 19.4. The number of hydrogen-bond acceptors (Lipinski definition) is 3. The molecule has 1 amide bonds. The minimum atomic E-state index is -0.284. The van der Waals surface area contributed by atoms with Crippen molar-refractivity contribution in [2.45, 2.75) is 50.6 Å². The Morgan fingerprint density at radius 2 is 2.22 bits per heavy atom. The first kappa shape index (κ1) is 13.0. The summed E-state index contributed by atoms with van der Waals surface area (Å²) in [6.45, 7) is 1.94. The molecule has 1 heterocycles. The van der Waals surface area contributed by atoms with Gasteiger partial charge in [-0.1, -0.05) is 18.9 Å². The van der Waals surface area contributed by atoms with Crippen LogP contribution in [0.3, 0.4) is 0 Å². The van der Waals surface area contributed by atoms with E-state index in [1.807, 2.05) is 25.1 Å². The molecule has 1 aromatic heterocycles. The van der Waals surface area contributed by atoms with Crippen LogP contribution in [0, 0.1) is 0 Å². The first-order chi connectivity index (χ1) is 8.59. The number of nitrogens with one attached hydrogen (secondary N) is 1. The molecule has 0 unspecified atom stereocenters. The molecule has 18 heavy (non-hydrogen) atoms. The fourth-order valence-electron chi connectivity index (χ4n) is 2.57. The molecular weight excluding hydrogens is 226 g/mol. The van der Waals surface area contributed by atoms with Gasteiger partial charge in [-0.15, -0.1) is 0 Å². The van der Waals surface area contributed by atoms with Crippen LogP contribution in [0.5, 0.6) is 0 Å². The van der Waals surface area contributed by atoms with Crippen molar-refractivity contribution >= 4 is 5.91 Å². The van der Waals surface area contributed by atoms with Gasteiger partial charge in [-0.2, -0.15) is 0 Å². The summed E-state index contributed by atoms with van der Waals surface area (Å²) in [5.74, 6) is 0.0255. The highest BCUT2D eigenvalue weighted by molar-refractivity contribution is 5.77. The lowest BCUT2D eigenvalue weighted by atomic mass is 9.94. The molecule has 0 bridgehead atoms. The van der Waals surface area contributed by atoms with Crippen molar-refractivity contribution in [2.75, 3.05) is 0 Å². The zero-order valence-electron chi connectivity index (χ0n) is 10.9. The van der Waals surface area contributed by atoms with Crippen LogP contribution in [0.2, 0.25) is 0 Å². The lowest BCUT2D eigenvalue weighted by Crippen LogP contribution is -2.42. The van der Waals surface area contributed by atoms with Crippen LogP contribution in [0.1, 0.15) is 50.8 Å². The van der Waals surface area contributed by atoms with Gasteiger partial charge in [0.2, 0.25) is 5.91 Å². The number of nitrogens with two attached hydrogens (primary N) is 1. The van der Waals surface area contributed by atoms with Crippen LogP contribution in [0.25, 0.3) is 0 Å². The molecule has 0 radical (unpaired) electrons. The Labute approximate surface area is 108 Å². The van der Waals surface area contributed by atoms with Gasteiger partial charge in [-0.05, 0) is 31.9 Å². The molecule has 1 atom stereocenters. The molecule has 3 N–H and O–H groups in total. The number of pyridine rings is 1. The predicted octanol–water partition coefficient (Wildman–Crippen LogP) is 1.92. The average Bonchev–Trinajstić information content (AvgIpc) is 2.76. The fraction of sp³-hybridized carbons (Fsp3) is 0.571. The highest BCUT2D eigenvalue weighted by atomic mass is 16.1. The molecule has 4 nitrogen and oxygen atoms in total. The highest BCUT2D eigenvalue weighted by Gasteiger charge is 2.31. The van der Waals surface area contributed by atoms with E-state index in [4.69, 9.17) is 5.73 Å². The van der Waals surface area contributed by atoms with Gasteiger partial charge in [0.15, 0.2) is 0 Å². The van der Waals surface area contributed by atoms with Crippen molar-refractivity contribution < 1.29 is 4.79 Å². The molecule has 2 rings (SSSR count). The Kier molecular flexibility index (Phi) is 3.97. The fourth-order valence-corrected chi connectivity index (χ4v) is 2.57. The van der Waals surface area contributed by atoms with Crippen LogP contribution >= 0.6 is 0 Å². The van der Waals surface area contributed by atoms with Crippen LogP contribution in [-0.2, 0) is 4.79 Å². The van der Waals surface area contributed by atoms with Crippen molar-refractivity contribution in [3.8, 4) is 0 Å². The Balaban J connectivity index is 1.88. The third kappa shape index (κ3) is 3.29. The summed E-state index contributed by atoms with van der Waals surface area (Å²) < 4.78 is 0. The second-order valence-electron chi connectivity index (χ2n) is 5.29. The summed E-state index contributed by atoms with van der Waals surface area (Å²) in [7, 11) is 0. The number of hydrogen-bond donors (Lipinski definition) is 2. The summed E-state index contributed by atoms with van der Waals surface area (Å²) in [5.41, 5.74) is 6.79. The van der Waals surface area contributed by atoms with E-state index in [1.165, 1.54) is 0 Å². The number of carbonyl (C=O) groups is 1. The van der Waals surface area contributed by atoms with Crippen LogP contribution in [-0.4, -0.2) is 16.4 Å². The Morgan fingerprint density at radius 1 is 1.50 bits per heavy atom. The summed E-state index contributed by atoms with van der Waals surface area (Å²) in [6, 6.07) is 5.64. The van der Waals surface area contributed by atoms with Crippen LogP contribution < -0.4 is 11.1 Å². The number of amides is 1. The van der Waals surface area contributed by atoms with Gasteiger partial charge in [0.1, 0.15) is 0 Å². The van der Waals surface area contributed by atoms with Crippen molar-refractivity contribution in [2.24, 2.45) is 5.73 Å². The molecule has 98 valence electrons. The third-order valence-electron chi connectivity index (χ3n) is 3.62. The van der Waals surface area contributed by atoms with Crippen LogP contribution in [0.15, 0.2) is 24.4 Å². The minimum Gasteiger partial charge on any atom is -0.348 e. The molecule has 0 spiro atoms. The lowest BCUT2D eigenvalue weighted by Gasteiger charge is -2.23. The molecule has 0 aliphatic heterocycles. The maximum atomic E-state index is 12.0. The number of rotatable bonds is 4. The smallest absolute Gasteiger partial charge is 0.222 e. The van der Waals surface area contributed by atoms with Crippen molar-refractivity contribution in [3.05, 3.63) is 30.1 Å². The highest BCUT2D eigenvalue weighted by Crippen LogP contribution is 2.30. The van der Waals surface area contributed by atoms with Crippen LogP contribution in [0.4, 0.5) is 0 Å². The number of carbonyl (C=O) groups excluding carboxylic acids is 1. The van der Waals surface area contributed by atoms with E-state index in [0.717, 1.165) is 31.4 Å². The molecular formula is C14H21N3O. The van der Waals surface area contributed by atoms with Gasteiger partial charge in [-0.3, -0.25) is 9.78 Å². The second kappa shape index (κ2) is 5.48. The molecule has 1 saturated carbocycles. The van der Waals surface area contributed by atoms with E-state index in [1.54, 1.807) is 6.20 Å². The van der Waals surface area contributed by atoms with Gasteiger partial charge >= 0.3 is 0 Å². The molecule has 1 aliphatic carbocycles. The summed E-state index contributed by atoms with van der Waals surface area (Å²) >= 11 is 0. The standard InChI is InChI=1S/C14H21N3O/c1-11(12-6-2-5-9-16-12)17-13(18)10-14(15)7-3-4-8-14/h2,5-6,9,11H,3-4,7-8,10,15H2,1H3,(H,17,18)/t11-/m0/s1. The first-order valence-corrected chi connectivity index (χ1v) is 6.58. The second-order valence-corrected chi connectivity index (χ2v) is 5.29. The van der Waals surface area contributed by atoms with Gasteiger partial charge in [0, 0.05) is 18.2 Å². The zero-order valence-corrected chi connectivity index (χ0v) is 10.9. The third-order valence-corrected chi connectivity index (χ3v) is 3.62. The Bertz CT molecular complexity index is 399. The summed E-state index contributed by atoms with van der Waals surface area (Å²) in [6.07, 6.45) is 6.35. The van der Waals surface area contributed by atoms with E-state index in [2.05, 4.69) is 10.3 Å². The Hall–Kier alpha value is -1.42. The van der Waals surface area contributed by atoms with E-state index in [9.17, 15) is 4.79 Å². The molecule has 1 fully saturated rings. The van der Waals surface area contributed by atoms with E-state index in [-0.39, 0.29) is 17.5 Å². The van der Waals surface area contributed by atoms with Gasteiger partial charge in [0.05, 0.1) is 11.7 Å². The topological polar surface area (TPSA) is 68.0 Å². The van der Waals surface area contributed by atoms with Gasteiger partial charge < -0.3 is 11.1 Å². The lowest BCUT2D eigenvalue weighted by molar-refractivity contribution is -0.122. The van der Waals surface area contributed by atoms with E-state index < -0.39 is 0 Å². The van der Waals surface area contributed by atoms with Gasteiger partial charge in [-0.25, -0.2) is 0 Å². The van der Waals surface area contributed by atoms with Crippen molar-refractivity contribution in [1.29, 1.82) is 0 Å². The van der Waals surface area contributed by atoms with E-state index in [0.29, 0.717) is 6.42 Å². The van der Waals surface area contributed by atoms with Crippen molar-refractivity contribution in [3.63, 3.8) is 0 Å². The Morgan fingerprint density at radius 3 is 2.83 bits per heavy atom. The molecule has 4 heteroatoms. The van der Waals surface area contributed by atoms with E-state index >= 15 is 0 Å². The molecule has 0 aromatic carbocycles. The zero-order chi connectivity index (χ0) is 13.0. The maximum Gasteiger partial charge on any atom is 0.222 e. The van der Waals surface area contributed by atoms with Crippen molar-refractivity contribution in [1.82, 2.24) is 10.3 Å². The monoisotopic (exact) mass is 247 g/mol.